The van der Waals surface area contributed by atoms with E-state index in [1.54, 1.807) is 6.20 Å². The molecule has 0 bridgehead atoms. The fraction of sp³-hybridized carbons (Fsp3) is 0.714. The van der Waals surface area contributed by atoms with Crippen molar-refractivity contribution in [3.63, 3.8) is 0 Å². The van der Waals surface area contributed by atoms with E-state index < -0.39 is 12.1 Å². The van der Waals surface area contributed by atoms with Crippen molar-refractivity contribution >= 4 is 5.82 Å². The molecule has 20 heavy (non-hydrogen) atoms. The molecule has 2 rings (SSSR count). The van der Waals surface area contributed by atoms with E-state index in [0.717, 1.165) is 17.2 Å². The second kappa shape index (κ2) is 5.97. The van der Waals surface area contributed by atoms with Gasteiger partial charge in [-0.2, -0.15) is 13.2 Å². The highest BCUT2D eigenvalue weighted by molar-refractivity contribution is 5.39. The highest BCUT2D eigenvalue weighted by Gasteiger charge is 2.41. The second-order valence-electron chi connectivity index (χ2n) is 5.59. The summed E-state index contributed by atoms with van der Waals surface area (Å²) in [6.45, 7) is 4.42. The zero-order valence-corrected chi connectivity index (χ0v) is 11.8. The molecule has 0 radical (unpaired) electrons. The number of hydrogen-bond donors (Lipinski definition) is 1. The lowest BCUT2D eigenvalue weighted by Crippen LogP contribution is -2.30. The van der Waals surface area contributed by atoms with Gasteiger partial charge in [-0.3, -0.25) is 4.98 Å². The molecule has 0 saturated heterocycles. The van der Waals surface area contributed by atoms with Crippen LogP contribution in [0.3, 0.4) is 0 Å². The van der Waals surface area contributed by atoms with E-state index >= 15 is 0 Å². The maximum Gasteiger partial charge on any atom is 0.391 e. The third kappa shape index (κ3) is 3.84. The van der Waals surface area contributed by atoms with Crippen LogP contribution in [0.4, 0.5) is 19.0 Å². The maximum absolute atomic E-state index is 12.6. The summed E-state index contributed by atoms with van der Waals surface area (Å²) < 4.78 is 37.7. The van der Waals surface area contributed by atoms with Crippen LogP contribution in [0, 0.1) is 25.7 Å². The molecule has 1 saturated carbocycles. The summed E-state index contributed by atoms with van der Waals surface area (Å²) in [5.74, 6) is -0.0932. The van der Waals surface area contributed by atoms with Crippen LogP contribution in [0.25, 0.3) is 0 Å². The lowest BCUT2D eigenvalue weighted by Gasteiger charge is -2.30. The highest BCUT2D eigenvalue weighted by Crippen LogP contribution is 2.39. The average Bonchev–Trinajstić information content (AvgIpc) is 2.37. The summed E-state index contributed by atoms with van der Waals surface area (Å²) in [7, 11) is 0. The van der Waals surface area contributed by atoms with Crippen LogP contribution in [-0.4, -0.2) is 22.7 Å². The summed E-state index contributed by atoms with van der Waals surface area (Å²) in [5, 5.41) is 3.21. The molecule has 0 amide bonds. The van der Waals surface area contributed by atoms with Crippen LogP contribution < -0.4 is 5.32 Å². The normalized spacial score (nSPS) is 23.6. The standard InChI is InChI=1S/C14H20F3N3/c1-9-7-18-13(10(2)20-9)19-8-11-3-5-12(6-4-11)14(15,16)17/h7,11-12H,3-6,8H2,1-2H3,(H,18,19). The van der Waals surface area contributed by atoms with Gasteiger partial charge in [0.2, 0.25) is 0 Å². The lowest BCUT2D eigenvalue weighted by molar-refractivity contribution is -0.183. The summed E-state index contributed by atoms with van der Waals surface area (Å²) in [4.78, 5) is 8.57. The minimum absolute atomic E-state index is 0.244. The van der Waals surface area contributed by atoms with Gasteiger partial charge in [-0.25, -0.2) is 4.98 Å². The maximum atomic E-state index is 12.6. The van der Waals surface area contributed by atoms with Crippen molar-refractivity contribution in [3.05, 3.63) is 17.6 Å². The molecule has 1 fully saturated rings. The van der Waals surface area contributed by atoms with Crippen molar-refractivity contribution in [2.24, 2.45) is 11.8 Å². The van der Waals surface area contributed by atoms with Gasteiger partial charge in [-0.05, 0) is 45.4 Å². The Hall–Kier alpha value is -1.33. The Morgan fingerprint density at radius 1 is 1.20 bits per heavy atom. The van der Waals surface area contributed by atoms with E-state index in [0.29, 0.717) is 19.4 Å². The molecule has 0 aromatic carbocycles. The number of nitrogens with one attached hydrogen (secondary N) is 1. The molecular weight excluding hydrogens is 267 g/mol. The Bertz CT molecular complexity index is 451. The SMILES string of the molecule is Cc1cnc(NCC2CCC(C(F)(F)F)CC2)c(C)n1. The van der Waals surface area contributed by atoms with E-state index in [1.165, 1.54) is 0 Å². The molecular formula is C14H20F3N3. The van der Waals surface area contributed by atoms with Gasteiger partial charge >= 0.3 is 6.18 Å². The van der Waals surface area contributed by atoms with Crippen LogP contribution in [0.1, 0.15) is 37.1 Å². The van der Waals surface area contributed by atoms with Crippen molar-refractivity contribution in [2.45, 2.75) is 45.7 Å². The van der Waals surface area contributed by atoms with Crippen molar-refractivity contribution in [1.29, 1.82) is 0 Å². The molecule has 1 aliphatic carbocycles. The van der Waals surface area contributed by atoms with E-state index in [1.807, 2.05) is 13.8 Å². The molecule has 1 aromatic rings. The molecule has 1 heterocycles. The Morgan fingerprint density at radius 3 is 2.40 bits per heavy atom. The third-order valence-corrected chi connectivity index (χ3v) is 3.94. The summed E-state index contributed by atoms with van der Waals surface area (Å²) in [6.07, 6.45) is -0.610. The first-order valence-electron chi connectivity index (χ1n) is 6.97. The minimum atomic E-state index is -4.03. The fourth-order valence-electron chi connectivity index (χ4n) is 2.71. The first-order valence-corrected chi connectivity index (χ1v) is 6.97. The summed E-state index contributed by atoms with van der Waals surface area (Å²) >= 11 is 0. The Kier molecular flexibility index (Phi) is 4.50. The molecule has 112 valence electrons. The number of rotatable bonds is 3. The van der Waals surface area contributed by atoms with E-state index in [2.05, 4.69) is 15.3 Å². The lowest BCUT2D eigenvalue weighted by atomic mass is 9.81. The second-order valence-corrected chi connectivity index (χ2v) is 5.59. The number of nitrogens with zero attached hydrogens (tertiary/aromatic N) is 2. The molecule has 1 aliphatic rings. The molecule has 0 unspecified atom stereocenters. The van der Waals surface area contributed by atoms with Gasteiger partial charge in [-0.15, -0.1) is 0 Å². The smallest absolute Gasteiger partial charge is 0.368 e. The zero-order chi connectivity index (χ0) is 14.8. The van der Waals surface area contributed by atoms with Gasteiger partial charge in [0.15, 0.2) is 0 Å². The van der Waals surface area contributed by atoms with Gasteiger partial charge in [-0.1, -0.05) is 0 Å². The fourth-order valence-corrected chi connectivity index (χ4v) is 2.71. The summed E-state index contributed by atoms with van der Waals surface area (Å²) in [5.41, 5.74) is 1.69. The minimum Gasteiger partial charge on any atom is -0.368 e. The highest BCUT2D eigenvalue weighted by atomic mass is 19.4. The Labute approximate surface area is 117 Å². The molecule has 0 atom stereocenters. The first-order chi connectivity index (χ1) is 9.36. The average molecular weight is 287 g/mol. The van der Waals surface area contributed by atoms with Crippen molar-refractivity contribution in [1.82, 2.24) is 9.97 Å². The third-order valence-electron chi connectivity index (χ3n) is 3.94. The van der Waals surface area contributed by atoms with Crippen molar-refractivity contribution in [3.8, 4) is 0 Å². The first kappa shape index (κ1) is 15.1. The van der Waals surface area contributed by atoms with Crippen molar-refractivity contribution in [2.75, 3.05) is 11.9 Å². The Morgan fingerprint density at radius 2 is 1.85 bits per heavy atom. The van der Waals surface area contributed by atoms with E-state index in [-0.39, 0.29) is 18.8 Å². The zero-order valence-electron chi connectivity index (χ0n) is 11.8. The number of halogens is 3. The van der Waals surface area contributed by atoms with Gasteiger partial charge in [0.25, 0.3) is 0 Å². The summed E-state index contributed by atoms with van der Waals surface area (Å²) in [6, 6.07) is 0. The van der Waals surface area contributed by atoms with Crippen LogP contribution in [0.15, 0.2) is 6.20 Å². The number of aryl methyl sites for hydroxylation is 2. The molecule has 0 spiro atoms. The Balaban J connectivity index is 1.82. The van der Waals surface area contributed by atoms with Crippen molar-refractivity contribution < 1.29 is 13.2 Å². The number of aromatic nitrogens is 2. The number of hydrogen-bond acceptors (Lipinski definition) is 3. The quantitative estimate of drug-likeness (QED) is 0.917. The topological polar surface area (TPSA) is 37.8 Å². The predicted octanol–water partition coefficient (Wildman–Crippen LogP) is 3.87. The van der Waals surface area contributed by atoms with E-state index in [4.69, 9.17) is 0 Å². The molecule has 1 aromatic heterocycles. The van der Waals surface area contributed by atoms with Gasteiger partial charge in [0, 0.05) is 6.54 Å². The predicted molar refractivity (Wildman–Crippen MR) is 71.5 cm³/mol. The molecule has 6 heteroatoms. The molecule has 3 nitrogen and oxygen atoms in total. The number of anilines is 1. The monoisotopic (exact) mass is 287 g/mol. The van der Waals surface area contributed by atoms with Gasteiger partial charge in [0.05, 0.1) is 23.5 Å². The van der Waals surface area contributed by atoms with Crippen LogP contribution in [0.2, 0.25) is 0 Å². The van der Waals surface area contributed by atoms with Gasteiger partial charge < -0.3 is 5.32 Å². The largest absolute Gasteiger partial charge is 0.391 e. The molecule has 1 N–H and O–H groups in total. The van der Waals surface area contributed by atoms with Crippen LogP contribution >= 0.6 is 0 Å². The van der Waals surface area contributed by atoms with Crippen LogP contribution in [-0.2, 0) is 0 Å². The van der Waals surface area contributed by atoms with Crippen LogP contribution in [0.5, 0.6) is 0 Å². The van der Waals surface area contributed by atoms with E-state index in [9.17, 15) is 13.2 Å². The number of alkyl halides is 3. The van der Waals surface area contributed by atoms with Gasteiger partial charge in [0.1, 0.15) is 5.82 Å². The molecule has 0 aliphatic heterocycles.